The van der Waals surface area contributed by atoms with Crippen molar-refractivity contribution < 1.29 is 14.3 Å². The van der Waals surface area contributed by atoms with Gasteiger partial charge in [-0.1, -0.05) is 71.2 Å². The molecule has 0 spiro atoms. The summed E-state index contributed by atoms with van der Waals surface area (Å²) < 4.78 is 5.88. The van der Waals surface area contributed by atoms with Gasteiger partial charge in [-0.3, -0.25) is 9.59 Å². The fourth-order valence-electron chi connectivity index (χ4n) is 3.99. The first kappa shape index (κ1) is 28.8. The van der Waals surface area contributed by atoms with Crippen molar-refractivity contribution in [2.24, 2.45) is 0 Å². The summed E-state index contributed by atoms with van der Waals surface area (Å²) in [5.74, 6) is -0.0740. The molecule has 0 fully saturated rings. The first-order valence-corrected chi connectivity index (χ1v) is 13.2. The van der Waals surface area contributed by atoms with Crippen LogP contribution in [0.5, 0.6) is 5.75 Å². The molecule has 0 bridgehead atoms. The van der Waals surface area contributed by atoms with Gasteiger partial charge in [-0.25, -0.2) is 0 Å². The second-order valence-electron chi connectivity index (χ2n) is 9.29. The molecule has 0 aliphatic heterocycles. The first-order chi connectivity index (χ1) is 17.5. The fraction of sp³-hybridized carbons (Fsp3) is 0.310. The number of amides is 2. The van der Waals surface area contributed by atoms with E-state index in [1.54, 1.807) is 30.3 Å². The molecule has 1 N–H and O–H groups in total. The van der Waals surface area contributed by atoms with E-state index in [0.29, 0.717) is 32.8 Å². The number of hydrogen-bond acceptors (Lipinski definition) is 3. The van der Waals surface area contributed by atoms with Crippen LogP contribution in [0.4, 0.5) is 0 Å². The van der Waals surface area contributed by atoms with Crippen molar-refractivity contribution in [1.82, 2.24) is 10.2 Å². The number of benzene rings is 3. The summed E-state index contributed by atoms with van der Waals surface area (Å²) in [5.41, 5.74) is 3.31. The Morgan fingerprint density at radius 2 is 1.59 bits per heavy atom. The van der Waals surface area contributed by atoms with E-state index in [4.69, 9.17) is 39.5 Å². The standard InChI is InChI=1S/C29H31Cl3N2O3/c1-18(2)33-29(36)26(14-21-8-6-5-7-9-21)34(16-22-10-11-23(30)15-25(22)31)27(35)17-37-24-12-19(3)28(32)20(4)13-24/h5-13,15,18,26H,14,16-17H2,1-4H3,(H,33,36). The zero-order chi connectivity index (χ0) is 27.1. The van der Waals surface area contributed by atoms with Gasteiger partial charge in [0.1, 0.15) is 11.8 Å². The van der Waals surface area contributed by atoms with Gasteiger partial charge in [-0.15, -0.1) is 0 Å². The molecule has 3 aromatic rings. The lowest BCUT2D eigenvalue weighted by Gasteiger charge is -2.32. The summed E-state index contributed by atoms with van der Waals surface area (Å²) in [4.78, 5) is 28.6. The van der Waals surface area contributed by atoms with E-state index in [1.807, 2.05) is 58.0 Å². The summed E-state index contributed by atoms with van der Waals surface area (Å²) in [5, 5.41) is 4.52. The number of nitrogens with zero attached hydrogens (tertiary/aromatic N) is 1. The molecule has 0 saturated heterocycles. The zero-order valence-corrected chi connectivity index (χ0v) is 23.6. The van der Waals surface area contributed by atoms with Gasteiger partial charge in [0, 0.05) is 34.1 Å². The topological polar surface area (TPSA) is 58.6 Å². The minimum absolute atomic E-state index is 0.0990. The average molecular weight is 562 g/mol. The number of ether oxygens (including phenoxy) is 1. The van der Waals surface area contributed by atoms with E-state index < -0.39 is 6.04 Å². The smallest absolute Gasteiger partial charge is 0.261 e. The molecule has 5 nitrogen and oxygen atoms in total. The van der Waals surface area contributed by atoms with Crippen molar-refractivity contribution in [2.75, 3.05) is 6.61 Å². The van der Waals surface area contributed by atoms with Crippen molar-refractivity contribution in [3.63, 3.8) is 0 Å². The molecule has 196 valence electrons. The Morgan fingerprint density at radius 3 is 2.19 bits per heavy atom. The molecule has 0 aliphatic rings. The Hall–Kier alpha value is -2.73. The fourth-order valence-corrected chi connectivity index (χ4v) is 4.56. The van der Waals surface area contributed by atoms with Gasteiger partial charge < -0.3 is 15.0 Å². The highest BCUT2D eigenvalue weighted by molar-refractivity contribution is 6.35. The predicted octanol–water partition coefficient (Wildman–Crippen LogP) is 6.81. The minimum Gasteiger partial charge on any atom is -0.484 e. The van der Waals surface area contributed by atoms with Gasteiger partial charge in [0.25, 0.3) is 5.91 Å². The highest BCUT2D eigenvalue weighted by Gasteiger charge is 2.31. The third kappa shape index (κ3) is 8.13. The Kier molecular flexibility index (Phi) is 10.3. The lowest BCUT2D eigenvalue weighted by Crippen LogP contribution is -2.52. The SMILES string of the molecule is Cc1cc(OCC(=O)N(Cc2ccc(Cl)cc2Cl)C(Cc2ccccc2)C(=O)NC(C)C)cc(C)c1Cl. The van der Waals surface area contributed by atoms with Crippen LogP contribution in [-0.4, -0.2) is 35.4 Å². The van der Waals surface area contributed by atoms with Crippen LogP contribution in [0, 0.1) is 13.8 Å². The number of hydrogen-bond donors (Lipinski definition) is 1. The third-order valence-corrected chi connectivity index (χ3v) is 7.01. The summed E-state index contributed by atoms with van der Waals surface area (Å²) in [7, 11) is 0. The molecule has 0 aromatic heterocycles. The number of halogens is 3. The number of rotatable bonds is 10. The van der Waals surface area contributed by atoms with Crippen LogP contribution in [0.1, 0.15) is 36.1 Å². The maximum Gasteiger partial charge on any atom is 0.261 e. The Bertz CT molecular complexity index is 1230. The first-order valence-electron chi connectivity index (χ1n) is 12.0. The molecular weight excluding hydrogens is 531 g/mol. The van der Waals surface area contributed by atoms with Crippen molar-refractivity contribution in [3.05, 3.63) is 98.0 Å². The van der Waals surface area contributed by atoms with E-state index in [-0.39, 0.29) is 31.0 Å². The van der Waals surface area contributed by atoms with Gasteiger partial charge in [-0.2, -0.15) is 0 Å². The molecule has 3 aromatic carbocycles. The second-order valence-corrected chi connectivity index (χ2v) is 10.5. The van der Waals surface area contributed by atoms with E-state index >= 15 is 0 Å². The van der Waals surface area contributed by atoms with Crippen molar-refractivity contribution >= 4 is 46.6 Å². The van der Waals surface area contributed by atoms with Crippen LogP contribution in [0.15, 0.2) is 60.7 Å². The predicted molar refractivity (Wildman–Crippen MR) is 151 cm³/mol. The van der Waals surface area contributed by atoms with Crippen LogP contribution in [0.3, 0.4) is 0 Å². The second kappa shape index (κ2) is 13.2. The quantitative estimate of drug-likeness (QED) is 0.296. The van der Waals surface area contributed by atoms with Crippen LogP contribution < -0.4 is 10.1 Å². The van der Waals surface area contributed by atoms with Gasteiger partial charge in [0.05, 0.1) is 0 Å². The molecule has 0 radical (unpaired) electrons. The maximum absolute atomic E-state index is 13.7. The Balaban J connectivity index is 1.95. The average Bonchev–Trinajstić information content (AvgIpc) is 2.84. The molecule has 8 heteroatoms. The number of nitrogens with one attached hydrogen (secondary N) is 1. The van der Waals surface area contributed by atoms with Crippen molar-refractivity contribution in [1.29, 1.82) is 0 Å². The molecule has 1 unspecified atom stereocenters. The van der Waals surface area contributed by atoms with Gasteiger partial charge >= 0.3 is 0 Å². The Labute approximate surface area is 233 Å². The van der Waals surface area contributed by atoms with Crippen LogP contribution in [0.2, 0.25) is 15.1 Å². The third-order valence-electron chi connectivity index (χ3n) is 5.83. The molecule has 0 heterocycles. The summed E-state index contributed by atoms with van der Waals surface area (Å²) in [6.45, 7) is 7.38. The molecule has 2 amide bonds. The van der Waals surface area contributed by atoms with E-state index in [9.17, 15) is 9.59 Å². The normalized spacial score (nSPS) is 11.8. The van der Waals surface area contributed by atoms with Crippen molar-refractivity contribution in [3.8, 4) is 5.75 Å². The summed E-state index contributed by atoms with van der Waals surface area (Å²) in [6.07, 6.45) is 0.329. The van der Waals surface area contributed by atoms with Crippen LogP contribution in [-0.2, 0) is 22.6 Å². The molecule has 37 heavy (non-hydrogen) atoms. The molecule has 0 saturated carbocycles. The zero-order valence-electron chi connectivity index (χ0n) is 21.4. The van der Waals surface area contributed by atoms with E-state index in [1.165, 1.54) is 4.90 Å². The number of carbonyl (C=O) groups excluding carboxylic acids is 2. The monoisotopic (exact) mass is 560 g/mol. The Morgan fingerprint density at radius 1 is 0.946 bits per heavy atom. The minimum atomic E-state index is -0.790. The van der Waals surface area contributed by atoms with Crippen LogP contribution >= 0.6 is 34.8 Å². The molecule has 3 rings (SSSR count). The highest BCUT2D eigenvalue weighted by atomic mass is 35.5. The molecular formula is C29H31Cl3N2O3. The largest absolute Gasteiger partial charge is 0.484 e. The summed E-state index contributed by atoms with van der Waals surface area (Å²) in [6, 6.07) is 17.4. The van der Waals surface area contributed by atoms with Crippen molar-refractivity contribution in [2.45, 2.75) is 52.7 Å². The van der Waals surface area contributed by atoms with Gasteiger partial charge in [-0.05, 0) is 74.2 Å². The van der Waals surface area contributed by atoms with Gasteiger partial charge in [0.2, 0.25) is 5.91 Å². The lowest BCUT2D eigenvalue weighted by atomic mass is 10.0. The number of carbonyl (C=O) groups is 2. The molecule has 0 aliphatic carbocycles. The van der Waals surface area contributed by atoms with Crippen LogP contribution in [0.25, 0.3) is 0 Å². The van der Waals surface area contributed by atoms with E-state index in [0.717, 1.165) is 16.7 Å². The lowest BCUT2D eigenvalue weighted by molar-refractivity contribution is -0.143. The van der Waals surface area contributed by atoms with Gasteiger partial charge in [0.15, 0.2) is 6.61 Å². The maximum atomic E-state index is 13.7. The molecule has 1 atom stereocenters. The highest BCUT2D eigenvalue weighted by Crippen LogP contribution is 2.27. The summed E-state index contributed by atoms with van der Waals surface area (Å²) >= 11 is 18.8. The van der Waals surface area contributed by atoms with E-state index in [2.05, 4.69) is 5.32 Å². The number of aryl methyl sites for hydroxylation is 2.